The average molecular weight is 392 g/mol. The quantitative estimate of drug-likeness (QED) is 0.368. The number of nitrogens with zero attached hydrogens (tertiary/aromatic N) is 1. The first-order valence-corrected chi connectivity index (χ1v) is 10.5. The van der Waals surface area contributed by atoms with Crippen LogP contribution < -0.4 is 4.90 Å². The maximum atomic E-state index is 6.80. The van der Waals surface area contributed by atoms with Crippen molar-refractivity contribution in [1.82, 2.24) is 0 Å². The molecule has 2 nitrogen and oxygen atoms in total. The summed E-state index contributed by atoms with van der Waals surface area (Å²) in [7, 11) is 0. The highest BCUT2D eigenvalue weighted by Crippen LogP contribution is 2.48. The topological polar surface area (TPSA) is 12.5 Å². The third kappa shape index (κ3) is 3.74. The molecule has 1 saturated heterocycles. The fraction of sp³-hybridized carbons (Fsp3) is 0.143. The summed E-state index contributed by atoms with van der Waals surface area (Å²) in [5.74, 6) is 0. The van der Waals surface area contributed by atoms with Gasteiger partial charge in [0.25, 0.3) is 0 Å². The number of benzene rings is 4. The summed E-state index contributed by atoms with van der Waals surface area (Å²) in [6.45, 7) is 0. The van der Waals surface area contributed by atoms with Gasteiger partial charge in [-0.15, -0.1) is 0 Å². The van der Waals surface area contributed by atoms with Gasteiger partial charge in [0.1, 0.15) is 0 Å². The summed E-state index contributed by atoms with van der Waals surface area (Å²) in [6, 6.07) is 42.8. The fourth-order valence-corrected chi connectivity index (χ4v) is 4.38. The first-order valence-electron chi connectivity index (χ1n) is 10.5. The zero-order valence-electron chi connectivity index (χ0n) is 16.8. The van der Waals surface area contributed by atoms with Crippen LogP contribution in [-0.4, -0.2) is 0 Å². The lowest BCUT2D eigenvalue weighted by Crippen LogP contribution is -2.40. The maximum Gasteiger partial charge on any atom is 0.157 e. The predicted octanol–water partition coefficient (Wildman–Crippen LogP) is 7.09. The summed E-state index contributed by atoms with van der Waals surface area (Å²) in [4.78, 5) is 2.43. The smallest absolute Gasteiger partial charge is 0.157 e. The molecule has 0 saturated carbocycles. The van der Waals surface area contributed by atoms with Crippen molar-refractivity contribution in [3.05, 3.63) is 138 Å². The molecule has 148 valence electrons. The van der Waals surface area contributed by atoms with Crippen LogP contribution in [0.25, 0.3) is 0 Å². The van der Waals surface area contributed by atoms with Crippen LogP contribution in [0.4, 0.5) is 5.69 Å². The molecular formula is C28H25NO. The van der Waals surface area contributed by atoms with Gasteiger partial charge in [0, 0.05) is 17.7 Å². The van der Waals surface area contributed by atoms with Crippen molar-refractivity contribution in [3.8, 4) is 0 Å². The minimum Gasteiger partial charge on any atom is -0.346 e. The van der Waals surface area contributed by atoms with Gasteiger partial charge in [-0.05, 0) is 23.3 Å². The molecule has 1 heterocycles. The van der Waals surface area contributed by atoms with Crippen molar-refractivity contribution in [1.29, 1.82) is 0 Å². The van der Waals surface area contributed by atoms with E-state index in [2.05, 4.69) is 126 Å². The molecule has 0 spiro atoms. The molecule has 0 aromatic heterocycles. The minimum atomic E-state index is -0.169. The average Bonchev–Trinajstić information content (AvgIpc) is 2.85. The summed E-state index contributed by atoms with van der Waals surface area (Å²) in [5, 5.41) is 0. The molecule has 3 atom stereocenters. The van der Waals surface area contributed by atoms with Crippen molar-refractivity contribution in [3.63, 3.8) is 0 Å². The van der Waals surface area contributed by atoms with E-state index in [-0.39, 0.29) is 18.4 Å². The third-order valence-electron chi connectivity index (χ3n) is 5.81. The molecule has 0 amide bonds. The molecule has 0 N–H and O–H groups in total. The summed E-state index contributed by atoms with van der Waals surface area (Å²) < 4.78 is 6.80. The molecule has 2 heteroatoms. The first kappa shape index (κ1) is 18.7. The number of ether oxygens (including phenoxy) is 1. The summed E-state index contributed by atoms with van der Waals surface area (Å²) >= 11 is 0. The number of rotatable bonds is 4. The van der Waals surface area contributed by atoms with Gasteiger partial charge in [0.05, 0.1) is 12.1 Å². The molecular weight excluding hydrogens is 366 g/mol. The van der Waals surface area contributed by atoms with Gasteiger partial charge >= 0.3 is 0 Å². The highest BCUT2D eigenvalue weighted by atomic mass is 16.5. The number of para-hydroxylation sites is 1. The standard InChI is InChI=1S/C28H25NO/c1-5-13-22(14-6-1)26-21-27(23-15-7-2-8-16-23)30-28(24-17-9-3-10-18-24)29(26)25-19-11-4-12-20-25/h1-20,26-28H,21H2/t26-,27+,28-/m1/s1. The number of hydrogen-bond donors (Lipinski definition) is 0. The molecule has 4 aromatic carbocycles. The summed E-state index contributed by atoms with van der Waals surface area (Å²) in [5.41, 5.74) is 4.88. The van der Waals surface area contributed by atoms with E-state index >= 15 is 0 Å². The van der Waals surface area contributed by atoms with Gasteiger partial charge in [-0.1, -0.05) is 109 Å². The van der Waals surface area contributed by atoms with E-state index in [9.17, 15) is 0 Å². The Bertz CT molecular complexity index is 1000. The predicted molar refractivity (Wildman–Crippen MR) is 122 cm³/mol. The van der Waals surface area contributed by atoms with Gasteiger partial charge in [0.15, 0.2) is 6.23 Å². The molecule has 5 rings (SSSR count). The molecule has 30 heavy (non-hydrogen) atoms. The highest BCUT2D eigenvalue weighted by molar-refractivity contribution is 5.52. The SMILES string of the molecule is c1ccc([C@@H]2C[C@H](c3ccccc3)N(c3ccccc3)[C@@H](c3ccccc3)O2)cc1. The Morgan fingerprint density at radius 3 is 1.57 bits per heavy atom. The number of hydrogen-bond acceptors (Lipinski definition) is 2. The van der Waals surface area contributed by atoms with E-state index in [0.717, 1.165) is 6.42 Å². The van der Waals surface area contributed by atoms with Crippen LogP contribution in [0.5, 0.6) is 0 Å². The highest BCUT2D eigenvalue weighted by Gasteiger charge is 2.38. The lowest BCUT2D eigenvalue weighted by Gasteiger charge is -2.47. The Hall–Kier alpha value is -3.36. The molecule has 1 aliphatic heterocycles. The van der Waals surface area contributed by atoms with Crippen molar-refractivity contribution in [2.75, 3.05) is 4.90 Å². The van der Waals surface area contributed by atoms with E-state index < -0.39 is 0 Å². The summed E-state index contributed by atoms with van der Waals surface area (Å²) in [6.07, 6.45) is 0.756. The van der Waals surface area contributed by atoms with Crippen LogP contribution in [0.1, 0.15) is 41.5 Å². The molecule has 4 aromatic rings. The molecule has 1 fully saturated rings. The van der Waals surface area contributed by atoms with Crippen molar-refractivity contribution < 1.29 is 4.74 Å². The second kappa shape index (κ2) is 8.56. The van der Waals surface area contributed by atoms with Gasteiger partial charge in [-0.25, -0.2) is 0 Å². The molecule has 0 radical (unpaired) electrons. The van der Waals surface area contributed by atoms with Crippen molar-refractivity contribution in [2.24, 2.45) is 0 Å². The van der Waals surface area contributed by atoms with Crippen LogP contribution in [0.2, 0.25) is 0 Å². The van der Waals surface area contributed by atoms with E-state index in [4.69, 9.17) is 4.74 Å². The van der Waals surface area contributed by atoms with Crippen molar-refractivity contribution >= 4 is 5.69 Å². The second-order valence-corrected chi connectivity index (χ2v) is 7.70. The minimum absolute atomic E-state index is 0.0292. The van der Waals surface area contributed by atoms with Gasteiger partial charge in [0.2, 0.25) is 0 Å². The normalized spacial score (nSPS) is 21.3. The van der Waals surface area contributed by atoms with Gasteiger partial charge in [-0.2, -0.15) is 0 Å². The van der Waals surface area contributed by atoms with Crippen LogP contribution in [0, 0.1) is 0 Å². The number of anilines is 1. The zero-order valence-corrected chi connectivity index (χ0v) is 16.8. The van der Waals surface area contributed by atoms with Crippen LogP contribution in [0.3, 0.4) is 0 Å². The lowest BCUT2D eigenvalue weighted by molar-refractivity contribution is -0.0594. The Kier molecular flexibility index (Phi) is 5.32. The molecule has 0 unspecified atom stereocenters. The van der Waals surface area contributed by atoms with E-state index in [1.54, 1.807) is 0 Å². The van der Waals surface area contributed by atoms with Gasteiger partial charge < -0.3 is 9.64 Å². The largest absolute Gasteiger partial charge is 0.346 e. The Labute approximate surface area is 178 Å². The molecule has 0 aliphatic carbocycles. The van der Waals surface area contributed by atoms with E-state index in [1.165, 1.54) is 22.4 Å². The zero-order chi connectivity index (χ0) is 20.2. The Morgan fingerprint density at radius 2 is 1.00 bits per heavy atom. The Balaban J connectivity index is 1.64. The van der Waals surface area contributed by atoms with Crippen molar-refractivity contribution in [2.45, 2.75) is 24.8 Å². The maximum absolute atomic E-state index is 6.80. The van der Waals surface area contributed by atoms with Crippen LogP contribution in [0.15, 0.2) is 121 Å². The monoisotopic (exact) mass is 391 g/mol. The molecule has 1 aliphatic rings. The first-order chi connectivity index (χ1) is 14.9. The Morgan fingerprint density at radius 1 is 0.533 bits per heavy atom. The van der Waals surface area contributed by atoms with Crippen LogP contribution in [-0.2, 0) is 4.74 Å². The lowest BCUT2D eigenvalue weighted by atomic mass is 9.91. The van der Waals surface area contributed by atoms with E-state index in [0.29, 0.717) is 0 Å². The van der Waals surface area contributed by atoms with E-state index in [1.807, 2.05) is 0 Å². The molecule has 0 bridgehead atoms. The third-order valence-corrected chi connectivity index (χ3v) is 5.81. The van der Waals surface area contributed by atoms with Gasteiger partial charge in [-0.3, -0.25) is 0 Å². The van der Waals surface area contributed by atoms with Crippen LogP contribution >= 0.6 is 0 Å². The second-order valence-electron chi connectivity index (χ2n) is 7.70. The fourth-order valence-electron chi connectivity index (χ4n) is 4.38.